The molecule has 0 aliphatic heterocycles. The summed E-state index contributed by atoms with van der Waals surface area (Å²) in [6.45, 7) is 0. The van der Waals surface area contributed by atoms with E-state index in [4.69, 9.17) is 0 Å². The van der Waals surface area contributed by atoms with Crippen molar-refractivity contribution in [3.8, 4) is 17.3 Å². The molecule has 3 heterocycles. The number of rotatable bonds is 1. The van der Waals surface area contributed by atoms with Crippen LogP contribution in [0, 0.1) is 0 Å². The summed E-state index contributed by atoms with van der Waals surface area (Å²) in [6.07, 6.45) is 1.62. The number of nitrogens with one attached hydrogen (secondary N) is 1. The second-order valence-electron chi connectivity index (χ2n) is 3.48. The van der Waals surface area contributed by atoms with Crippen molar-refractivity contribution >= 4 is 21.6 Å². The van der Waals surface area contributed by atoms with Gasteiger partial charge in [0.05, 0.1) is 16.3 Å². The molecule has 0 aliphatic carbocycles. The van der Waals surface area contributed by atoms with Gasteiger partial charge in [-0.05, 0) is 17.5 Å². The number of nitrogens with zero attached hydrogens (tertiary/aromatic N) is 2. The Bertz CT molecular complexity index is 748. The highest BCUT2D eigenvalue weighted by atomic mass is 32.1. The summed E-state index contributed by atoms with van der Waals surface area (Å²) in [5.74, 6) is 0.0211. The van der Waals surface area contributed by atoms with Crippen LogP contribution in [0.4, 0.5) is 0 Å². The largest absolute Gasteiger partial charge is 0.493 e. The lowest BCUT2D eigenvalue weighted by Crippen LogP contribution is -2.06. The van der Waals surface area contributed by atoms with Gasteiger partial charge in [-0.25, -0.2) is 0 Å². The summed E-state index contributed by atoms with van der Waals surface area (Å²) in [6, 6.07) is 4.83. The van der Waals surface area contributed by atoms with Crippen molar-refractivity contribution in [3.63, 3.8) is 0 Å². The Hall–Kier alpha value is -2.21. The van der Waals surface area contributed by atoms with E-state index in [1.54, 1.807) is 17.5 Å². The third-order valence-corrected chi connectivity index (χ3v) is 3.16. The molecule has 0 bridgehead atoms. The maximum Gasteiger partial charge on any atom is 0.254 e. The fourth-order valence-electron chi connectivity index (χ4n) is 1.56. The van der Waals surface area contributed by atoms with Crippen LogP contribution in [-0.4, -0.2) is 20.1 Å². The van der Waals surface area contributed by atoms with Gasteiger partial charge in [0.15, 0.2) is 0 Å². The first-order chi connectivity index (χ1) is 8.22. The number of thiophene rings is 1. The van der Waals surface area contributed by atoms with Crippen LogP contribution in [0.5, 0.6) is 5.88 Å². The SMILES string of the molecule is O=c1cc(O)nc(-c2cnc3ccsc3c2)[nH]1. The molecule has 3 aromatic rings. The van der Waals surface area contributed by atoms with Gasteiger partial charge in [0.25, 0.3) is 5.56 Å². The molecule has 0 atom stereocenters. The number of hydrogen-bond donors (Lipinski definition) is 2. The van der Waals surface area contributed by atoms with Crippen LogP contribution in [0.3, 0.4) is 0 Å². The molecule has 2 N–H and O–H groups in total. The van der Waals surface area contributed by atoms with Gasteiger partial charge in [-0.1, -0.05) is 0 Å². The first-order valence-corrected chi connectivity index (χ1v) is 5.74. The summed E-state index contributed by atoms with van der Waals surface area (Å²) in [5, 5.41) is 11.2. The molecule has 3 rings (SSSR count). The highest BCUT2D eigenvalue weighted by Gasteiger charge is 2.05. The van der Waals surface area contributed by atoms with E-state index in [-0.39, 0.29) is 5.88 Å². The summed E-state index contributed by atoms with van der Waals surface area (Å²) in [5.41, 5.74) is 1.19. The van der Waals surface area contributed by atoms with E-state index in [1.165, 1.54) is 0 Å². The molecule has 17 heavy (non-hydrogen) atoms. The van der Waals surface area contributed by atoms with E-state index >= 15 is 0 Å². The van der Waals surface area contributed by atoms with Crippen LogP contribution in [-0.2, 0) is 0 Å². The zero-order chi connectivity index (χ0) is 11.8. The quantitative estimate of drug-likeness (QED) is 0.684. The summed E-state index contributed by atoms with van der Waals surface area (Å²) in [7, 11) is 0. The molecule has 6 heteroatoms. The van der Waals surface area contributed by atoms with Crippen molar-refractivity contribution in [2.45, 2.75) is 0 Å². The van der Waals surface area contributed by atoms with Crippen LogP contribution in [0.25, 0.3) is 21.6 Å². The average molecular weight is 245 g/mol. The average Bonchev–Trinajstić information content (AvgIpc) is 2.74. The lowest BCUT2D eigenvalue weighted by Gasteiger charge is -2.00. The first-order valence-electron chi connectivity index (χ1n) is 4.86. The number of H-pyrrole nitrogens is 1. The van der Waals surface area contributed by atoms with E-state index in [1.807, 2.05) is 17.5 Å². The Labute approximate surface area is 99.4 Å². The van der Waals surface area contributed by atoms with Gasteiger partial charge in [-0.15, -0.1) is 11.3 Å². The van der Waals surface area contributed by atoms with Gasteiger partial charge in [0.1, 0.15) is 5.82 Å². The molecular formula is C11H7N3O2S. The fraction of sp³-hybridized carbons (Fsp3) is 0. The number of aromatic hydroxyl groups is 1. The Balaban J connectivity index is 2.22. The first kappa shape index (κ1) is 9.98. The van der Waals surface area contributed by atoms with E-state index in [0.717, 1.165) is 16.3 Å². The van der Waals surface area contributed by atoms with Crippen LogP contribution < -0.4 is 5.56 Å². The van der Waals surface area contributed by atoms with Crippen LogP contribution in [0.1, 0.15) is 0 Å². The highest BCUT2D eigenvalue weighted by molar-refractivity contribution is 7.17. The zero-order valence-electron chi connectivity index (χ0n) is 8.54. The van der Waals surface area contributed by atoms with Gasteiger partial charge in [-0.3, -0.25) is 9.78 Å². The minimum atomic E-state index is -0.390. The van der Waals surface area contributed by atoms with E-state index in [2.05, 4.69) is 15.0 Å². The van der Waals surface area contributed by atoms with Crippen molar-refractivity contribution in [1.82, 2.24) is 15.0 Å². The molecule has 0 unspecified atom stereocenters. The molecule has 0 saturated carbocycles. The topological polar surface area (TPSA) is 78.9 Å². The molecule has 3 aromatic heterocycles. The third-order valence-electron chi connectivity index (χ3n) is 2.30. The molecule has 0 aromatic carbocycles. The standard InChI is InChI=1S/C11H7N3O2S/c15-9-4-10(16)14-11(13-9)6-3-8-7(12-5-6)1-2-17-8/h1-5H,(H2,13,14,15,16). The zero-order valence-corrected chi connectivity index (χ0v) is 9.36. The van der Waals surface area contributed by atoms with Gasteiger partial charge in [0.2, 0.25) is 5.88 Å². The molecule has 5 nitrogen and oxygen atoms in total. The molecule has 0 radical (unpaired) electrons. The Morgan fingerprint density at radius 2 is 2.24 bits per heavy atom. The Morgan fingerprint density at radius 1 is 1.35 bits per heavy atom. The van der Waals surface area contributed by atoms with Gasteiger partial charge in [-0.2, -0.15) is 4.98 Å². The predicted molar refractivity (Wildman–Crippen MR) is 65.1 cm³/mol. The second-order valence-corrected chi connectivity index (χ2v) is 4.43. The number of hydrogen-bond acceptors (Lipinski definition) is 5. The fourth-order valence-corrected chi connectivity index (χ4v) is 2.34. The summed E-state index contributed by atoms with van der Waals surface area (Å²) in [4.78, 5) is 21.9. The van der Waals surface area contributed by atoms with E-state index in [9.17, 15) is 9.90 Å². The van der Waals surface area contributed by atoms with Crippen molar-refractivity contribution in [2.24, 2.45) is 0 Å². The van der Waals surface area contributed by atoms with Crippen LogP contribution in [0.15, 0.2) is 34.6 Å². The van der Waals surface area contributed by atoms with Gasteiger partial charge < -0.3 is 10.1 Å². The number of pyridine rings is 1. The second kappa shape index (κ2) is 3.67. The third kappa shape index (κ3) is 1.78. The smallest absolute Gasteiger partial charge is 0.254 e. The summed E-state index contributed by atoms with van der Waals surface area (Å²) < 4.78 is 1.01. The predicted octanol–water partition coefficient (Wildman–Crippen LogP) is 1.75. The lowest BCUT2D eigenvalue weighted by atomic mass is 10.2. The van der Waals surface area contributed by atoms with Crippen molar-refractivity contribution < 1.29 is 5.11 Å². The Kier molecular flexibility index (Phi) is 2.15. The summed E-state index contributed by atoms with van der Waals surface area (Å²) >= 11 is 1.56. The van der Waals surface area contributed by atoms with Crippen molar-refractivity contribution in [2.75, 3.05) is 0 Å². The highest BCUT2D eigenvalue weighted by Crippen LogP contribution is 2.23. The molecule has 0 spiro atoms. The number of aromatic amines is 1. The minimum Gasteiger partial charge on any atom is -0.493 e. The van der Waals surface area contributed by atoms with Crippen LogP contribution in [0.2, 0.25) is 0 Å². The molecule has 84 valence electrons. The van der Waals surface area contributed by atoms with E-state index < -0.39 is 5.56 Å². The van der Waals surface area contributed by atoms with Crippen LogP contribution >= 0.6 is 11.3 Å². The van der Waals surface area contributed by atoms with Gasteiger partial charge in [0, 0.05) is 11.8 Å². The number of aromatic nitrogens is 3. The minimum absolute atomic E-state index is 0.296. The molecular weight excluding hydrogens is 238 g/mol. The molecule has 0 amide bonds. The lowest BCUT2D eigenvalue weighted by molar-refractivity contribution is 0.452. The molecule has 0 aliphatic rings. The van der Waals surface area contributed by atoms with E-state index in [0.29, 0.717) is 11.4 Å². The maximum absolute atomic E-state index is 11.2. The van der Waals surface area contributed by atoms with Gasteiger partial charge >= 0.3 is 0 Å². The van der Waals surface area contributed by atoms with Crippen molar-refractivity contribution in [1.29, 1.82) is 0 Å². The van der Waals surface area contributed by atoms with Crippen molar-refractivity contribution in [3.05, 3.63) is 40.1 Å². The normalized spacial score (nSPS) is 10.8. The monoisotopic (exact) mass is 245 g/mol. The number of fused-ring (bicyclic) bond motifs is 1. The molecule has 0 saturated heterocycles. The molecule has 0 fully saturated rings. The maximum atomic E-state index is 11.2. The Morgan fingerprint density at radius 3 is 3.06 bits per heavy atom.